The molecule has 0 bridgehead atoms. The van der Waals surface area contributed by atoms with Gasteiger partial charge >= 0.3 is 0 Å². The number of nitrogens with one attached hydrogen (secondary N) is 1. The highest BCUT2D eigenvalue weighted by Gasteiger charge is 2.12. The van der Waals surface area contributed by atoms with Crippen LogP contribution in [-0.2, 0) is 17.9 Å². The molecule has 0 saturated heterocycles. The van der Waals surface area contributed by atoms with Crippen LogP contribution in [0.4, 0.5) is 0 Å². The first-order valence-corrected chi connectivity index (χ1v) is 7.52. The highest BCUT2D eigenvalue weighted by Crippen LogP contribution is 2.22. The molecular weight excluding hydrogens is 302 g/mol. The average molecular weight is 328 g/mol. The van der Waals surface area contributed by atoms with Crippen LogP contribution in [0.3, 0.4) is 0 Å². The van der Waals surface area contributed by atoms with Gasteiger partial charge in [-0.25, -0.2) is 0 Å². The molecule has 0 aliphatic rings. The zero-order chi connectivity index (χ0) is 14.7. The number of halogens is 1. The minimum atomic E-state index is -0.105. The van der Waals surface area contributed by atoms with Crippen molar-refractivity contribution in [3.05, 3.63) is 33.8 Å². The summed E-state index contributed by atoms with van der Waals surface area (Å²) in [7, 11) is 0. The SMILES string of the molecule is CC(C)(C)NCc1ccc(COC(C)(C)C)c(Br)c1. The van der Waals surface area contributed by atoms with Crippen LogP contribution in [0.5, 0.6) is 0 Å². The van der Waals surface area contributed by atoms with Gasteiger partial charge in [-0.15, -0.1) is 0 Å². The summed E-state index contributed by atoms with van der Waals surface area (Å²) in [6.07, 6.45) is 0. The van der Waals surface area contributed by atoms with Crippen LogP contribution in [0.2, 0.25) is 0 Å². The molecule has 0 aliphatic carbocycles. The van der Waals surface area contributed by atoms with E-state index in [0.717, 1.165) is 11.0 Å². The Labute approximate surface area is 126 Å². The predicted octanol–water partition coefficient (Wildman–Crippen LogP) is 4.65. The molecular formula is C16H26BrNO. The van der Waals surface area contributed by atoms with E-state index in [4.69, 9.17) is 4.74 Å². The minimum Gasteiger partial charge on any atom is -0.371 e. The van der Waals surface area contributed by atoms with Crippen LogP contribution in [0.15, 0.2) is 22.7 Å². The maximum absolute atomic E-state index is 5.80. The molecule has 0 unspecified atom stereocenters. The highest BCUT2D eigenvalue weighted by molar-refractivity contribution is 9.10. The van der Waals surface area contributed by atoms with Gasteiger partial charge in [0, 0.05) is 16.6 Å². The second kappa shape index (κ2) is 6.38. The molecule has 0 saturated carbocycles. The van der Waals surface area contributed by atoms with Gasteiger partial charge in [0.15, 0.2) is 0 Å². The lowest BCUT2D eigenvalue weighted by atomic mass is 10.1. The van der Waals surface area contributed by atoms with E-state index in [9.17, 15) is 0 Å². The first kappa shape index (κ1) is 16.7. The summed E-state index contributed by atoms with van der Waals surface area (Å²) in [4.78, 5) is 0. The standard InChI is InChI=1S/C16H26BrNO/c1-15(2,3)18-10-12-7-8-13(14(17)9-12)11-19-16(4,5)6/h7-9,18H,10-11H2,1-6H3. The Morgan fingerprint density at radius 2 is 1.74 bits per heavy atom. The molecule has 3 heteroatoms. The van der Waals surface area contributed by atoms with Crippen molar-refractivity contribution >= 4 is 15.9 Å². The smallest absolute Gasteiger partial charge is 0.0734 e. The molecule has 0 aliphatic heterocycles. The average Bonchev–Trinajstić information content (AvgIpc) is 2.22. The molecule has 0 radical (unpaired) electrons. The van der Waals surface area contributed by atoms with Gasteiger partial charge in [0.25, 0.3) is 0 Å². The van der Waals surface area contributed by atoms with Gasteiger partial charge in [0.2, 0.25) is 0 Å². The highest BCUT2D eigenvalue weighted by atomic mass is 79.9. The Morgan fingerprint density at radius 3 is 2.21 bits per heavy atom. The maximum Gasteiger partial charge on any atom is 0.0734 e. The Morgan fingerprint density at radius 1 is 1.11 bits per heavy atom. The van der Waals surface area contributed by atoms with Crippen molar-refractivity contribution in [2.24, 2.45) is 0 Å². The van der Waals surface area contributed by atoms with Crippen molar-refractivity contribution in [3.63, 3.8) is 0 Å². The quantitative estimate of drug-likeness (QED) is 0.868. The van der Waals surface area contributed by atoms with E-state index in [2.05, 4.69) is 81.0 Å². The van der Waals surface area contributed by atoms with Gasteiger partial charge in [-0.2, -0.15) is 0 Å². The van der Waals surface area contributed by atoms with Crippen LogP contribution in [0.1, 0.15) is 52.7 Å². The number of hydrogen-bond donors (Lipinski definition) is 1. The molecule has 0 atom stereocenters. The molecule has 0 amide bonds. The third-order valence-electron chi connectivity index (χ3n) is 2.60. The Hall–Kier alpha value is -0.380. The molecule has 0 fully saturated rings. The van der Waals surface area contributed by atoms with Crippen molar-refractivity contribution < 1.29 is 4.74 Å². The normalized spacial score (nSPS) is 12.8. The lowest BCUT2D eigenvalue weighted by Crippen LogP contribution is -2.35. The topological polar surface area (TPSA) is 21.3 Å². The van der Waals surface area contributed by atoms with Crippen molar-refractivity contribution in [2.75, 3.05) is 0 Å². The lowest BCUT2D eigenvalue weighted by Gasteiger charge is -2.22. The Balaban J connectivity index is 2.64. The van der Waals surface area contributed by atoms with E-state index >= 15 is 0 Å². The summed E-state index contributed by atoms with van der Waals surface area (Å²) < 4.78 is 6.92. The predicted molar refractivity (Wildman–Crippen MR) is 85.3 cm³/mol. The first-order chi connectivity index (χ1) is 8.57. The van der Waals surface area contributed by atoms with Gasteiger partial charge in [-0.1, -0.05) is 28.1 Å². The molecule has 1 aromatic carbocycles. The molecule has 1 N–H and O–H groups in total. The Kier molecular flexibility index (Phi) is 5.60. The summed E-state index contributed by atoms with van der Waals surface area (Å²) in [6, 6.07) is 6.46. The Bertz CT molecular complexity index is 416. The fourth-order valence-electron chi connectivity index (χ4n) is 1.48. The van der Waals surface area contributed by atoms with Crippen molar-refractivity contribution in [2.45, 2.75) is 65.8 Å². The zero-order valence-corrected chi connectivity index (χ0v) is 14.5. The lowest BCUT2D eigenvalue weighted by molar-refractivity contribution is -0.0152. The van der Waals surface area contributed by atoms with Crippen LogP contribution in [0, 0.1) is 0 Å². The van der Waals surface area contributed by atoms with Gasteiger partial charge in [0.05, 0.1) is 12.2 Å². The number of rotatable bonds is 4. The summed E-state index contributed by atoms with van der Waals surface area (Å²) in [6.45, 7) is 14.3. The summed E-state index contributed by atoms with van der Waals surface area (Å²) in [5.41, 5.74) is 2.50. The van der Waals surface area contributed by atoms with Gasteiger partial charge < -0.3 is 10.1 Å². The van der Waals surface area contributed by atoms with E-state index in [-0.39, 0.29) is 11.1 Å². The van der Waals surface area contributed by atoms with E-state index in [0.29, 0.717) is 6.61 Å². The fraction of sp³-hybridized carbons (Fsp3) is 0.625. The van der Waals surface area contributed by atoms with E-state index in [1.165, 1.54) is 11.1 Å². The number of ether oxygens (including phenoxy) is 1. The molecule has 0 heterocycles. The first-order valence-electron chi connectivity index (χ1n) is 6.73. The molecule has 19 heavy (non-hydrogen) atoms. The van der Waals surface area contributed by atoms with Crippen LogP contribution < -0.4 is 5.32 Å². The maximum atomic E-state index is 5.80. The summed E-state index contributed by atoms with van der Waals surface area (Å²) >= 11 is 3.63. The second-order valence-corrected chi connectivity index (χ2v) is 7.78. The second-order valence-electron chi connectivity index (χ2n) is 6.93. The molecule has 108 valence electrons. The van der Waals surface area contributed by atoms with E-state index in [1.54, 1.807) is 0 Å². The summed E-state index contributed by atoms with van der Waals surface area (Å²) in [5.74, 6) is 0. The van der Waals surface area contributed by atoms with Crippen LogP contribution in [0.25, 0.3) is 0 Å². The molecule has 0 aromatic heterocycles. The number of hydrogen-bond acceptors (Lipinski definition) is 2. The van der Waals surface area contributed by atoms with Gasteiger partial charge in [-0.3, -0.25) is 0 Å². The zero-order valence-electron chi connectivity index (χ0n) is 12.9. The molecule has 2 nitrogen and oxygen atoms in total. The third-order valence-corrected chi connectivity index (χ3v) is 3.34. The molecule has 0 spiro atoms. The molecule has 1 aromatic rings. The van der Waals surface area contributed by atoms with Crippen molar-refractivity contribution in [1.82, 2.24) is 5.32 Å². The van der Waals surface area contributed by atoms with E-state index in [1.807, 2.05) is 0 Å². The van der Waals surface area contributed by atoms with Gasteiger partial charge in [-0.05, 0) is 58.7 Å². The monoisotopic (exact) mass is 327 g/mol. The van der Waals surface area contributed by atoms with Crippen LogP contribution >= 0.6 is 15.9 Å². The number of benzene rings is 1. The minimum absolute atomic E-state index is 0.105. The third kappa shape index (κ3) is 7.09. The van der Waals surface area contributed by atoms with Crippen LogP contribution in [-0.4, -0.2) is 11.1 Å². The summed E-state index contributed by atoms with van der Waals surface area (Å²) in [5, 5.41) is 3.49. The van der Waals surface area contributed by atoms with Gasteiger partial charge in [0.1, 0.15) is 0 Å². The molecule has 1 rings (SSSR count). The fourth-order valence-corrected chi connectivity index (χ4v) is 2.02. The van der Waals surface area contributed by atoms with E-state index < -0.39 is 0 Å². The largest absolute Gasteiger partial charge is 0.371 e. The van der Waals surface area contributed by atoms with Crippen molar-refractivity contribution in [1.29, 1.82) is 0 Å². The van der Waals surface area contributed by atoms with Crippen molar-refractivity contribution in [3.8, 4) is 0 Å².